The molecular weight excluding hydrogens is 664 g/mol. The van der Waals surface area contributed by atoms with Gasteiger partial charge in [-0.2, -0.15) is 0 Å². The molecule has 0 saturated carbocycles. The molecule has 42 heavy (non-hydrogen) atoms. The highest BCUT2D eigenvalue weighted by Gasteiger charge is 2.54. The number of carbonyl (C=O) groups excluding carboxylic acids is 1. The standard InChI is InChI=1S/C18H42O7Si4.C6H19O4PSi2/c1-26(2,3)22-13-14(23-27(4,5)6)16(24-28(7,8)9)17(19)21-15(13)18(20)25-29(10,11)12;1-12(2,3)9-11(7,8)10-13(4,5)6/h13-17,19H,1-12H3;1-6H3,(H,7,8)/p-1/t13-,14+,15+,16-,17?;/m1./s1. The van der Waals surface area contributed by atoms with E-state index in [0.29, 0.717) is 0 Å². The first-order chi connectivity index (χ1) is 18.1. The molecule has 1 saturated heterocycles. The maximum Gasteiger partial charge on any atom is 0.324 e. The Bertz CT molecular complexity index is 895. The lowest BCUT2D eigenvalue weighted by Gasteiger charge is -2.49. The van der Waals surface area contributed by atoms with Crippen LogP contribution in [0.5, 0.6) is 0 Å². The Labute approximate surface area is 261 Å². The minimum absolute atomic E-state index is 0.498. The summed E-state index contributed by atoms with van der Waals surface area (Å²) in [5.74, 6) is -0.498. The molecule has 252 valence electrons. The van der Waals surface area contributed by atoms with Gasteiger partial charge in [-0.25, -0.2) is 0 Å². The van der Waals surface area contributed by atoms with Gasteiger partial charge in [-0.3, -0.25) is 9.36 Å². The van der Waals surface area contributed by atoms with E-state index in [-0.39, 0.29) is 0 Å². The third-order valence-electron chi connectivity index (χ3n) is 4.39. The van der Waals surface area contributed by atoms with Crippen LogP contribution < -0.4 is 4.89 Å². The summed E-state index contributed by atoms with van der Waals surface area (Å²) in [5.41, 5.74) is 0. The Balaban J connectivity index is 0.00000108. The van der Waals surface area contributed by atoms with Crippen molar-refractivity contribution in [2.45, 2.75) is 149 Å². The molecule has 0 radical (unpaired) electrons. The van der Waals surface area contributed by atoms with Crippen molar-refractivity contribution >= 4 is 63.7 Å². The number of rotatable bonds is 12. The molecule has 0 aromatic carbocycles. The fourth-order valence-corrected chi connectivity index (χ4v) is 13.5. The number of carbonyl (C=O) groups is 1. The van der Waals surface area contributed by atoms with Crippen LogP contribution >= 0.6 is 7.82 Å². The van der Waals surface area contributed by atoms with Crippen molar-refractivity contribution in [1.29, 1.82) is 0 Å². The predicted molar refractivity (Wildman–Crippen MR) is 181 cm³/mol. The lowest BCUT2D eigenvalue weighted by molar-refractivity contribution is -0.269. The van der Waals surface area contributed by atoms with Gasteiger partial charge in [0.25, 0.3) is 0 Å². The average Bonchev–Trinajstić information content (AvgIpc) is 2.58. The molecule has 5 atom stereocenters. The van der Waals surface area contributed by atoms with Crippen LogP contribution in [0.25, 0.3) is 0 Å². The molecule has 0 aliphatic carbocycles. The highest BCUT2D eigenvalue weighted by Crippen LogP contribution is 2.44. The van der Waals surface area contributed by atoms with Crippen molar-refractivity contribution in [3.05, 3.63) is 0 Å². The number of phosphoric acid groups is 1. The van der Waals surface area contributed by atoms with Gasteiger partial charge in [-0.15, -0.1) is 0 Å². The van der Waals surface area contributed by atoms with Gasteiger partial charge >= 0.3 is 5.97 Å². The molecule has 1 unspecified atom stereocenters. The highest BCUT2D eigenvalue weighted by molar-refractivity contribution is 7.49. The normalized spacial score (nSPS) is 25.0. The Kier molecular flexibility index (Phi) is 15.3. The summed E-state index contributed by atoms with van der Waals surface area (Å²) in [6, 6.07) is 0. The van der Waals surface area contributed by atoms with Gasteiger partial charge in [-0.1, -0.05) is 0 Å². The largest absolute Gasteiger partial charge is 0.757 e. The van der Waals surface area contributed by atoms with Crippen molar-refractivity contribution < 1.29 is 50.2 Å². The molecule has 0 amide bonds. The minimum Gasteiger partial charge on any atom is -0.757 e. The van der Waals surface area contributed by atoms with Crippen molar-refractivity contribution in [3.63, 3.8) is 0 Å². The number of hydrogen-bond acceptors (Lipinski definition) is 11. The molecule has 1 N–H and O–H groups in total. The van der Waals surface area contributed by atoms with E-state index in [4.69, 9.17) is 30.9 Å². The summed E-state index contributed by atoms with van der Waals surface area (Å²) in [7, 11) is -16.5. The predicted octanol–water partition coefficient (Wildman–Crippen LogP) is 5.90. The van der Waals surface area contributed by atoms with Crippen molar-refractivity contribution in [1.82, 2.24) is 0 Å². The van der Waals surface area contributed by atoms with Gasteiger partial charge in [0.1, 0.15) is 18.3 Å². The lowest BCUT2D eigenvalue weighted by Crippen LogP contribution is -2.67. The maximum absolute atomic E-state index is 13.0. The lowest BCUT2D eigenvalue weighted by atomic mass is 9.99. The van der Waals surface area contributed by atoms with E-state index < -0.39 is 94.4 Å². The molecule has 1 fully saturated rings. The SMILES string of the molecule is C[Si](C)(C)OC(=O)[C@H]1OC(O)[C@H](O[Si](C)(C)C)[C@@H](O[Si](C)(C)C)[C@H]1O[Si](C)(C)C.C[Si](C)(C)OP(=O)([O-])O[Si](C)(C)C. The van der Waals surface area contributed by atoms with E-state index in [9.17, 15) is 19.4 Å². The molecule has 0 aromatic rings. The molecule has 1 aliphatic heterocycles. The molecule has 0 aromatic heterocycles. The minimum atomic E-state index is -4.06. The van der Waals surface area contributed by atoms with E-state index in [1.807, 2.05) is 78.6 Å². The monoisotopic (exact) mass is 723 g/mol. The van der Waals surface area contributed by atoms with E-state index in [2.05, 4.69) is 39.3 Å². The van der Waals surface area contributed by atoms with Crippen LogP contribution in [-0.4, -0.2) is 91.7 Å². The summed E-state index contributed by atoms with van der Waals surface area (Å²) >= 11 is 0. The Hall–Kier alpha value is 0.681. The van der Waals surface area contributed by atoms with Gasteiger partial charge in [-0.05, 0) is 118 Å². The number of hydrogen-bond donors (Lipinski definition) is 1. The number of aliphatic hydroxyl groups excluding tert-OH is 1. The topological polar surface area (TPSA) is 142 Å². The van der Waals surface area contributed by atoms with Crippen molar-refractivity contribution in [3.8, 4) is 0 Å². The molecule has 0 spiro atoms. The molecular formula is C24H60O11PSi6-. The molecule has 18 heteroatoms. The van der Waals surface area contributed by atoms with Crippen LogP contribution in [-0.2, 0) is 40.2 Å². The second-order valence-corrected chi connectivity index (χ2v) is 45.0. The fourth-order valence-electron chi connectivity index (χ4n) is 3.68. The fraction of sp³-hybridized carbons (Fsp3) is 0.958. The second kappa shape index (κ2) is 15.1. The first kappa shape index (κ1) is 42.7. The van der Waals surface area contributed by atoms with Crippen LogP contribution in [0.1, 0.15) is 0 Å². The van der Waals surface area contributed by atoms with Crippen LogP contribution in [0.15, 0.2) is 0 Å². The van der Waals surface area contributed by atoms with E-state index >= 15 is 0 Å². The Morgan fingerprint density at radius 1 is 0.595 bits per heavy atom. The zero-order valence-electron chi connectivity index (χ0n) is 29.4. The van der Waals surface area contributed by atoms with Crippen LogP contribution in [0.4, 0.5) is 0 Å². The summed E-state index contributed by atoms with van der Waals surface area (Å²) in [5, 5.41) is 10.8. The van der Waals surface area contributed by atoms with Crippen LogP contribution in [0.2, 0.25) is 118 Å². The zero-order chi connectivity index (χ0) is 33.9. The third-order valence-corrected chi connectivity index (χ3v) is 14.3. The highest BCUT2D eigenvalue weighted by atomic mass is 31.2. The number of aliphatic hydroxyl groups is 1. The van der Waals surface area contributed by atoms with Gasteiger partial charge < -0.3 is 40.9 Å². The molecule has 0 bridgehead atoms. The van der Waals surface area contributed by atoms with E-state index in [0.717, 1.165) is 0 Å². The average molecular weight is 724 g/mol. The van der Waals surface area contributed by atoms with Crippen molar-refractivity contribution in [2.24, 2.45) is 0 Å². The molecule has 11 nitrogen and oxygen atoms in total. The van der Waals surface area contributed by atoms with Crippen molar-refractivity contribution in [2.75, 3.05) is 0 Å². The maximum atomic E-state index is 13.0. The first-order valence-corrected chi connectivity index (χ1v) is 36.3. The Morgan fingerprint density at radius 2 is 0.929 bits per heavy atom. The van der Waals surface area contributed by atoms with Crippen LogP contribution in [0, 0.1) is 0 Å². The van der Waals surface area contributed by atoms with Crippen LogP contribution in [0.3, 0.4) is 0 Å². The Morgan fingerprint density at radius 3 is 1.24 bits per heavy atom. The molecule has 1 rings (SSSR count). The molecule has 1 heterocycles. The summed E-state index contributed by atoms with van der Waals surface area (Å²) < 4.78 is 51.9. The van der Waals surface area contributed by atoms with Gasteiger partial charge in [0.2, 0.25) is 16.1 Å². The number of ether oxygens (including phenoxy) is 1. The summed E-state index contributed by atoms with van der Waals surface area (Å²) in [6.07, 6.45) is -4.36. The smallest absolute Gasteiger partial charge is 0.324 e. The van der Waals surface area contributed by atoms with E-state index in [1.54, 1.807) is 0 Å². The quantitative estimate of drug-likeness (QED) is 0.190. The summed E-state index contributed by atoms with van der Waals surface area (Å²) in [4.78, 5) is 24.3. The second-order valence-electron chi connectivity index (χ2n) is 16.4. The van der Waals surface area contributed by atoms with Gasteiger partial charge in [0.15, 0.2) is 54.0 Å². The van der Waals surface area contributed by atoms with Gasteiger partial charge in [0, 0.05) is 0 Å². The molecule has 1 aliphatic rings. The zero-order valence-corrected chi connectivity index (χ0v) is 36.3. The third kappa shape index (κ3) is 19.9. The van der Waals surface area contributed by atoms with Gasteiger partial charge in [0.05, 0.1) is 0 Å². The summed E-state index contributed by atoms with van der Waals surface area (Å²) in [6.45, 7) is 35.2. The van der Waals surface area contributed by atoms with E-state index in [1.165, 1.54) is 0 Å². The first-order valence-electron chi connectivity index (χ1n) is 14.4.